The molecule has 0 aliphatic rings. The van der Waals surface area contributed by atoms with Crippen LogP contribution >= 0.6 is 0 Å². The quantitative estimate of drug-likeness (QED) is 0.683. The third kappa shape index (κ3) is 5.42. The highest BCUT2D eigenvalue weighted by atomic mass is 16.5. The molecule has 3 N–H and O–H groups in total. The number of carbonyl (C=O) groups excluding carboxylic acids is 1. The highest BCUT2D eigenvalue weighted by molar-refractivity contribution is 5.89. The Morgan fingerprint density at radius 3 is 2.85 bits per heavy atom. The van der Waals surface area contributed by atoms with E-state index in [1.807, 2.05) is 0 Å². The smallest absolute Gasteiger partial charge is 0.319 e. The number of nitrogens with one attached hydrogen (secondary N) is 2. The molecule has 2 amide bonds. The summed E-state index contributed by atoms with van der Waals surface area (Å²) in [5.74, 6) is 1.48. The van der Waals surface area contributed by atoms with Gasteiger partial charge in [0, 0.05) is 24.9 Å². The number of methoxy groups -OCH3 is 1. The van der Waals surface area contributed by atoms with E-state index >= 15 is 0 Å². The fourth-order valence-electron chi connectivity index (χ4n) is 1.50. The highest BCUT2D eigenvalue weighted by Gasteiger charge is 2.13. The summed E-state index contributed by atoms with van der Waals surface area (Å²) in [6, 6.07) is 6.38. The molecule has 6 heteroatoms. The average molecular weight is 276 g/mol. The molecule has 0 heterocycles. The maximum absolute atomic E-state index is 11.6. The summed E-state index contributed by atoms with van der Waals surface area (Å²) < 4.78 is 4.95. The normalized spacial score (nSPS) is 11.2. The minimum absolute atomic E-state index is 0.101. The summed E-state index contributed by atoms with van der Waals surface area (Å²) in [6.45, 7) is 0.101. The van der Waals surface area contributed by atoms with Crippen LogP contribution in [0.2, 0.25) is 0 Å². The Hall–Kier alpha value is -2.52. The number of rotatable bonds is 6. The van der Waals surface area contributed by atoms with Gasteiger partial charge >= 0.3 is 12.0 Å². The Labute approximate surface area is 117 Å². The number of urea groups is 1. The fraction of sp³-hybridized carbons (Fsp3) is 0.286. The number of ether oxygens (including phenoxy) is 1. The molecule has 6 nitrogen and oxygen atoms in total. The lowest BCUT2D eigenvalue weighted by atomic mass is 10.2. The second kappa shape index (κ2) is 7.81. The first kappa shape index (κ1) is 15.5. The molecule has 0 spiro atoms. The lowest BCUT2D eigenvalue weighted by Gasteiger charge is -2.14. The zero-order valence-corrected chi connectivity index (χ0v) is 11.1. The van der Waals surface area contributed by atoms with Gasteiger partial charge < -0.3 is 20.5 Å². The van der Waals surface area contributed by atoms with Crippen molar-refractivity contribution in [3.63, 3.8) is 0 Å². The molecule has 0 aliphatic carbocycles. The van der Waals surface area contributed by atoms with E-state index in [9.17, 15) is 9.59 Å². The van der Waals surface area contributed by atoms with Gasteiger partial charge in [-0.25, -0.2) is 4.79 Å². The standard InChI is InChI=1S/C14H16N2O4/c1-3-10-5-4-6-11(7-10)16-14(19)15-9-12(20-2)8-13(17)18/h1,4-7,12H,8-9H2,2H3,(H,17,18)(H2,15,16,19). The lowest BCUT2D eigenvalue weighted by molar-refractivity contribution is -0.139. The number of hydrogen-bond acceptors (Lipinski definition) is 3. The molecule has 0 saturated heterocycles. The molecule has 0 radical (unpaired) electrons. The first-order valence-corrected chi connectivity index (χ1v) is 5.91. The monoisotopic (exact) mass is 276 g/mol. The van der Waals surface area contributed by atoms with E-state index in [-0.39, 0.29) is 13.0 Å². The number of carboxylic acids is 1. The maximum atomic E-state index is 11.6. The maximum Gasteiger partial charge on any atom is 0.319 e. The van der Waals surface area contributed by atoms with Gasteiger partial charge in [0.15, 0.2) is 0 Å². The van der Waals surface area contributed by atoms with Crippen LogP contribution < -0.4 is 10.6 Å². The van der Waals surface area contributed by atoms with Crippen LogP contribution in [0.4, 0.5) is 10.5 Å². The van der Waals surface area contributed by atoms with Crippen molar-refractivity contribution < 1.29 is 19.4 Å². The summed E-state index contributed by atoms with van der Waals surface area (Å²) in [4.78, 5) is 22.2. The molecule has 0 aromatic heterocycles. The molecule has 1 aromatic carbocycles. The third-order valence-corrected chi connectivity index (χ3v) is 2.51. The summed E-state index contributed by atoms with van der Waals surface area (Å²) >= 11 is 0. The van der Waals surface area contributed by atoms with Gasteiger partial charge in [-0.3, -0.25) is 4.79 Å². The summed E-state index contributed by atoms with van der Waals surface area (Å²) in [7, 11) is 1.39. The number of hydrogen-bond donors (Lipinski definition) is 3. The predicted octanol–water partition coefficient (Wildman–Crippen LogP) is 1.28. The van der Waals surface area contributed by atoms with E-state index in [0.29, 0.717) is 11.3 Å². The molecule has 0 aliphatic heterocycles. The number of terminal acetylenes is 1. The van der Waals surface area contributed by atoms with Gasteiger partial charge in [0.05, 0.1) is 12.5 Å². The zero-order chi connectivity index (χ0) is 15.0. The fourth-order valence-corrected chi connectivity index (χ4v) is 1.50. The molecule has 1 rings (SSSR count). The third-order valence-electron chi connectivity index (χ3n) is 2.51. The van der Waals surface area contributed by atoms with Crippen molar-refractivity contribution in [2.75, 3.05) is 19.0 Å². The number of carboxylic acid groups (broad SMARTS) is 1. The first-order chi connectivity index (χ1) is 9.55. The first-order valence-electron chi connectivity index (χ1n) is 5.91. The molecule has 0 saturated carbocycles. The Bertz CT molecular complexity index is 522. The predicted molar refractivity (Wildman–Crippen MR) is 74.4 cm³/mol. The number of carbonyl (C=O) groups is 2. The van der Waals surface area contributed by atoms with Crippen molar-refractivity contribution in [3.8, 4) is 12.3 Å². The highest BCUT2D eigenvalue weighted by Crippen LogP contribution is 2.09. The van der Waals surface area contributed by atoms with Crippen molar-refractivity contribution in [2.45, 2.75) is 12.5 Å². The second-order valence-corrected chi connectivity index (χ2v) is 4.02. The SMILES string of the molecule is C#Cc1cccc(NC(=O)NCC(CC(=O)O)OC)c1. The molecule has 1 aromatic rings. The minimum Gasteiger partial charge on any atom is -0.481 e. The van der Waals surface area contributed by atoms with Crippen LogP contribution in [0, 0.1) is 12.3 Å². The van der Waals surface area contributed by atoms with Gasteiger partial charge in [-0.1, -0.05) is 12.0 Å². The van der Waals surface area contributed by atoms with Crippen LogP contribution in [-0.4, -0.2) is 36.9 Å². The Kier molecular flexibility index (Phi) is 6.07. The molecule has 0 fully saturated rings. The zero-order valence-electron chi connectivity index (χ0n) is 11.1. The average Bonchev–Trinajstić information content (AvgIpc) is 2.43. The number of aliphatic carboxylic acids is 1. The van der Waals surface area contributed by atoms with E-state index in [4.69, 9.17) is 16.3 Å². The van der Waals surface area contributed by atoms with Crippen LogP contribution in [0.25, 0.3) is 0 Å². The van der Waals surface area contributed by atoms with Crippen LogP contribution in [0.5, 0.6) is 0 Å². The second-order valence-electron chi connectivity index (χ2n) is 4.02. The van der Waals surface area contributed by atoms with Gasteiger partial charge in [0.25, 0.3) is 0 Å². The van der Waals surface area contributed by atoms with E-state index in [0.717, 1.165) is 0 Å². The topological polar surface area (TPSA) is 87.7 Å². The van der Waals surface area contributed by atoms with Crippen LogP contribution in [0.1, 0.15) is 12.0 Å². The number of amides is 2. The minimum atomic E-state index is -0.985. The molecule has 1 unspecified atom stereocenters. The molecule has 0 bridgehead atoms. The van der Waals surface area contributed by atoms with Crippen molar-refractivity contribution >= 4 is 17.7 Å². The van der Waals surface area contributed by atoms with Crippen molar-refractivity contribution in [2.24, 2.45) is 0 Å². The van der Waals surface area contributed by atoms with E-state index in [1.54, 1.807) is 24.3 Å². The molecule has 20 heavy (non-hydrogen) atoms. The van der Waals surface area contributed by atoms with Crippen LogP contribution in [0.3, 0.4) is 0 Å². The van der Waals surface area contributed by atoms with Crippen molar-refractivity contribution in [1.82, 2.24) is 5.32 Å². The summed E-state index contributed by atoms with van der Waals surface area (Å²) in [5, 5.41) is 13.8. The lowest BCUT2D eigenvalue weighted by Crippen LogP contribution is -2.37. The van der Waals surface area contributed by atoms with Crippen molar-refractivity contribution in [1.29, 1.82) is 0 Å². The van der Waals surface area contributed by atoms with Gasteiger partial charge in [0.1, 0.15) is 0 Å². The number of benzene rings is 1. The Morgan fingerprint density at radius 2 is 2.25 bits per heavy atom. The van der Waals surface area contributed by atoms with Crippen LogP contribution in [-0.2, 0) is 9.53 Å². The molecule has 1 atom stereocenters. The number of anilines is 1. The van der Waals surface area contributed by atoms with E-state index in [1.165, 1.54) is 7.11 Å². The van der Waals surface area contributed by atoms with Crippen LogP contribution in [0.15, 0.2) is 24.3 Å². The molecular formula is C14H16N2O4. The Morgan fingerprint density at radius 1 is 1.50 bits per heavy atom. The van der Waals surface area contributed by atoms with Gasteiger partial charge in [-0.2, -0.15) is 0 Å². The van der Waals surface area contributed by atoms with Gasteiger partial charge in [-0.05, 0) is 18.2 Å². The summed E-state index contributed by atoms with van der Waals surface area (Å²) in [6.07, 6.45) is 4.51. The van der Waals surface area contributed by atoms with Gasteiger partial charge in [-0.15, -0.1) is 6.42 Å². The molecule has 106 valence electrons. The van der Waals surface area contributed by atoms with Gasteiger partial charge in [0.2, 0.25) is 0 Å². The molecular weight excluding hydrogens is 260 g/mol. The van der Waals surface area contributed by atoms with E-state index in [2.05, 4.69) is 16.6 Å². The van der Waals surface area contributed by atoms with Crippen molar-refractivity contribution in [3.05, 3.63) is 29.8 Å². The largest absolute Gasteiger partial charge is 0.481 e. The summed E-state index contributed by atoms with van der Waals surface area (Å²) in [5.41, 5.74) is 1.22. The van der Waals surface area contributed by atoms with E-state index < -0.39 is 18.1 Å². The Balaban J connectivity index is 2.47.